The number of rotatable bonds is 12. The van der Waals surface area contributed by atoms with Crippen LogP contribution in [-0.2, 0) is 14.2 Å². The maximum Gasteiger partial charge on any atom is 0.0701 e. The van der Waals surface area contributed by atoms with Crippen LogP contribution in [0.15, 0.2) is 0 Å². The molecule has 0 aromatic heterocycles. The van der Waals surface area contributed by atoms with E-state index in [-0.39, 0.29) is 0 Å². The quantitative estimate of drug-likeness (QED) is 0.547. The lowest BCUT2D eigenvalue weighted by Gasteiger charge is -2.30. The standard InChI is InChI=1S/C16H32N2O3/c1-19-10-11-21-13-12-20-9-8-18(16-2-3-16)14-15-4-6-17-7-5-15/h15-17H,2-14H2,1H3. The minimum Gasteiger partial charge on any atom is -0.382 e. The molecule has 5 heteroatoms. The smallest absolute Gasteiger partial charge is 0.0701 e. The Kier molecular flexibility index (Phi) is 8.59. The Morgan fingerprint density at radius 2 is 1.57 bits per heavy atom. The Hall–Kier alpha value is -0.200. The van der Waals surface area contributed by atoms with Gasteiger partial charge in [-0.25, -0.2) is 0 Å². The fraction of sp³-hybridized carbons (Fsp3) is 1.00. The summed E-state index contributed by atoms with van der Waals surface area (Å²) in [4.78, 5) is 2.65. The summed E-state index contributed by atoms with van der Waals surface area (Å²) in [6, 6.07) is 0.835. The molecule has 5 nitrogen and oxygen atoms in total. The van der Waals surface area contributed by atoms with Gasteiger partial charge < -0.3 is 19.5 Å². The summed E-state index contributed by atoms with van der Waals surface area (Å²) in [5, 5.41) is 3.45. The van der Waals surface area contributed by atoms with Crippen LogP contribution in [0.25, 0.3) is 0 Å². The van der Waals surface area contributed by atoms with Gasteiger partial charge in [0.25, 0.3) is 0 Å². The Labute approximate surface area is 129 Å². The van der Waals surface area contributed by atoms with Crippen molar-refractivity contribution in [2.24, 2.45) is 5.92 Å². The van der Waals surface area contributed by atoms with E-state index in [1.54, 1.807) is 7.11 Å². The molecule has 0 radical (unpaired) electrons. The molecule has 1 aliphatic heterocycles. The van der Waals surface area contributed by atoms with Crippen molar-refractivity contribution in [3.63, 3.8) is 0 Å². The van der Waals surface area contributed by atoms with Crippen molar-refractivity contribution in [1.29, 1.82) is 0 Å². The van der Waals surface area contributed by atoms with Crippen LogP contribution in [0.1, 0.15) is 25.7 Å². The lowest BCUT2D eigenvalue weighted by Crippen LogP contribution is -2.38. The summed E-state index contributed by atoms with van der Waals surface area (Å²) in [6.07, 6.45) is 5.42. The van der Waals surface area contributed by atoms with Crippen molar-refractivity contribution in [2.75, 3.05) is 66.3 Å². The van der Waals surface area contributed by atoms with Crippen molar-refractivity contribution in [2.45, 2.75) is 31.7 Å². The van der Waals surface area contributed by atoms with E-state index < -0.39 is 0 Å². The van der Waals surface area contributed by atoms with Crippen LogP contribution < -0.4 is 5.32 Å². The van der Waals surface area contributed by atoms with Crippen LogP contribution >= 0.6 is 0 Å². The number of nitrogens with zero attached hydrogens (tertiary/aromatic N) is 1. The average Bonchev–Trinajstić information content (AvgIpc) is 3.34. The van der Waals surface area contributed by atoms with E-state index in [2.05, 4.69) is 10.2 Å². The average molecular weight is 300 g/mol. The van der Waals surface area contributed by atoms with Crippen LogP contribution in [0.4, 0.5) is 0 Å². The molecule has 0 atom stereocenters. The van der Waals surface area contributed by atoms with E-state index in [0.717, 1.165) is 25.1 Å². The third kappa shape index (κ3) is 7.56. The molecule has 0 amide bonds. The van der Waals surface area contributed by atoms with Crippen molar-refractivity contribution >= 4 is 0 Å². The second kappa shape index (κ2) is 10.5. The maximum atomic E-state index is 5.69. The first-order chi connectivity index (χ1) is 10.4. The van der Waals surface area contributed by atoms with Crippen molar-refractivity contribution in [3.8, 4) is 0 Å². The summed E-state index contributed by atoms with van der Waals surface area (Å²) in [5.41, 5.74) is 0. The van der Waals surface area contributed by atoms with Gasteiger partial charge in [0.1, 0.15) is 0 Å². The molecule has 0 bridgehead atoms. The number of nitrogens with one attached hydrogen (secondary N) is 1. The van der Waals surface area contributed by atoms with Gasteiger partial charge in [0.15, 0.2) is 0 Å². The Bertz CT molecular complexity index is 256. The number of methoxy groups -OCH3 is 1. The predicted octanol–water partition coefficient (Wildman–Crippen LogP) is 1.13. The molecule has 1 N–H and O–H groups in total. The fourth-order valence-corrected chi connectivity index (χ4v) is 2.90. The number of ether oxygens (including phenoxy) is 3. The highest BCUT2D eigenvalue weighted by Gasteiger charge is 2.30. The molecule has 124 valence electrons. The minimum absolute atomic E-state index is 0.657. The van der Waals surface area contributed by atoms with Crippen LogP contribution in [0.2, 0.25) is 0 Å². The highest BCUT2D eigenvalue weighted by Crippen LogP contribution is 2.28. The van der Waals surface area contributed by atoms with Crippen LogP contribution in [0.5, 0.6) is 0 Å². The van der Waals surface area contributed by atoms with E-state index in [9.17, 15) is 0 Å². The number of hydrogen-bond donors (Lipinski definition) is 1. The molecule has 1 saturated heterocycles. The predicted molar refractivity (Wildman–Crippen MR) is 83.7 cm³/mol. The molecule has 1 saturated carbocycles. The van der Waals surface area contributed by atoms with Gasteiger partial charge in [-0.05, 0) is 44.7 Å². The fourth-order valence-electron chi connectivity index (χ4n) is 2.90. The van der Waals surface area contributed by atoms with Gasteiger partial charge in [0.2, 0.25) is 0 Å². The minimum atomic E-state index is 0.657. The molecule has 2 fully saturated rings. The van der Waals surface area contributed by atoms with Gasteiger partial charge in [-0.15, -0.1) is 0 Å². The van der Waals surface area contributed by atoms with Gasteiger partial charge in [-0.2, -0.15) is 0 Å². The van der Waals surface area contributed by atoms with Gasteiger partial charge in [0, 0.05) is 26.2 Å². The van der Waals surface area contributed by atoms with Crippen LogP contribution in [0, 0.1) is 5.92 Å². The normalized spacial score (nSPS) is 20.3. The largest absolute Gasteiger partial charge is 0.382 e. The zero-order valence-corrected chi connectivity index (χ0v) is 13.5. The second-order valence-electron chi connectivity index (χ2n) is 6.14. The molecule has 2 rings (SSSR count). The highest BCUT2D eigenvalue weighted by atomic mass is 16.5. The molecule has 2 aliphatic rings. The van der Waals surface area contributed by atoms with E-state index in [1.807, 2.05) is 0 Å². The van der Waals surface area contributed by atoms with E-state index >= 15 is 0 Å². The van der Waals surface area contributed by atoms with Crippen molar-refractivity contribution < 1.29 is 14.2 Å². The van der Waals surface area contributed by atoms with Gasteiger partial charge in [-0.1, -0.05) is 0 Å². The number of hydrogen-bond acceptors (Lipinski definition) is 5. The molecule has 0 aromatic carbocycles. The molecular weight excluding hydrogens is 268 g/mol. The summed E-state index contributed by atoms with van der Waals surface area (Å²) < 4.78 is 16.0. The van der Waals surface area contributed by atoms with Gasteiger partial charge >= 0.3 is 0 Å². The van der Waals surface area contributed by atoms with Gasteiger partial charge in [0.05, 0.1) is 33.0 Å². The second-order valence-corrected chi connectivity index (χ2v) is 6.14. The van der Waals surface area contributed by atoms with Crippen LogP contribution in [0.3, 0.4) is 0 Å². The SMILES string of the molecule is COCCOCCOCCN(CC1CCNCC1)C1CC1. The first-order valence-electron chi connectivity index (χ1n) is 8.49. The zero-order valence-electron chi connectivity index (χ0n) is 13.5. The third-order valence-electron chi connectivity index (χ3n) is 4.34. The van der Waals surface area contributed by atoms with E-state index in [1.165, 1.54) is 45.3 Å². The Balaban J connectivity index is 1.49. The maximum absolute atomic E-state index is 5.69. The highest BCUT2D eigenvalue weighted by molar-refractivity contribution is 4.86. The topological polar surface area (TPSA) is 43.0 Å². The number of piperidine rings is 1. The summed E-state index contributed by atoms with van der Waals surface area (Å²) >= 11 is 0. The summed E-state index contributed by atoms with van der Waals surface area (Å²) in [7, 11) is 1.69. The Morgan fingerprint density at radius 1 is 0.905 bits per heavy atom. The lowest BCUT2D eigenvalue weighted by molar-refractivity contribution is 0.0176. The van der Waals surface area contributed by atoms with Crippen LogP contribution in [-0.4, -0.2) is 77.3 Å². The molecule has 1 aliphatic carbocycles. The summed E-state index contributed by atoms with van der Waals surface area (Å²) in [5.74, 6) is 0.879. The lowest BCUT2D eigenvalue weighted by atomic mass is 9.97. The first-order valence-corrected chi connectivity index (χ1v) is 8.49. The molecule has 0 spiro atoms. The molecule has 21 heavy (non-hydrogen) atoms. The molecular formula is C16H32N2O3. The van der Waals surface area contributed by atoms with Crippen molar-refractivity contribution in [1.82, 2.24) is 10.2 Å². The monoisotopic (exact) mass is 300 g/mol. The third-order valence-corrected chi connectivity index (χ3v) is 4.34. The molecule has 1 heterocycles. The first kappa shape index (κ1) is 17.2. The van der Waals surface area contributed by atoms with Gasteiger partial charge in [-0.3, -0.25) is 4.90 Å². The Morgan fingerprint density at radius 3 is 2.24 bits per heavy atom. The van der Waals surface area contributed by atoms with E-state index in [4.69, 9.17) is 14.2 Å². The molecule has 0 unspecified atom stereocenters. The van der Waals surface area contributed by atoms with E-state index in [0.29, 0.717) is 26.4 Å². The summed E-state index contributed by atoms with van der Waals surface area (Å²) in [6.45, 7) is 8.23. The zero-order chi connectivity index (χ0) is 14.8. The van der Waals surface area contributed by atoms with Crippen molar-refractivity contribution in [3.05, 3.63) is 0 Å². The molecule has 0 aromatic rings.